The topological polar surface area (TPSA) is 60.9 Å². The quantitative estimate of drug-likeness (QED) is 0.844. The Morgan fingerprint density at radius 1 is 1.30 bits per heavy atom. The zero-order chi connectivity index (χ0) is 15.3. The molecule has 0 aromatic carbocycles. The van der Waals surface area contributed by atoms with Crippen LogP contribution in [0.4, 0.5) is 4.79 Å². The van der Waals surface area contributed by atoms with Gasteiger partial charge in [-0.2, -0.15) is 0 Å². The number of likely N-dealkylation sites (tertiary alicyclic amines) is 1. The molecule has 1 aliphatic rings. The number of hydrogen-bond acceptors (Lipinski definition) is 2. The van der Waals surface area contributed by atoms with Crippen LogP contribution in [0.3, 0.4) is 0 Å². The van der Waals surface area contributed by atoms with Crippen LogP contribution in [0.2, 0.25) is 0 Å². The monoisotopic (exact) mass is 284 g/mol. The number of piperidine rings is 1. The molecule has 0 bridgehead atoms. The lowest BCUT2D eigenvalue weighted by Crippen LogP contribution is -2.52. The Balaban J connectivity index is 2.68. The standard InChI is InChI=1S/C15H28N2O3/c1-11(2)9-12(3)16(4)15(20)17-8-6-5-7-13(17)10-14(18)19/h11-13H,5-10H2,1-4H3,(H,18,19). The second-order valence-corrected chi connectivity index (χ2v) is 6.31. The molecule has 1 rings (SSSR count). The summed E-state index contributed by atoms with van der Waals surface area (Å²) in [7, 11) is 1.82. The van der Waals surface area contributed by atoms with E-state index >= 15 is 0 Å². The van der Waals surface area contributed by atoms with Crippen molar-refractivity contribution in [3.05, 3.63) is 0 Å². The van der Waals surface area contributed by atoms with Crippen molar-refractivity contribution < 1.29 is 14.7 Å². The molecule has 0 aromatic rings. The number of urea groups is 1. The summed E-state index contributed by atoms with van der Waals surface area (Å²) in [5.41, 5.74) is 0. The first-order chi connectivity index (χ1) is 9.32. The van der Waals surface area contributed by atoms with Gasteiger partial charge in [0.1, 0.15) is 0 Å². The van der Waals surface area contributed by atoms with Crippen molar-refractivity contribution in [2.24, 2.45) is 5.92 Å². The van der Waals surface area contributed by atoms with Crippen LogP contribution in [0.25, 0.3) is 0 Å². The summed E-state index contributed by atoms with van der Waals surface area (Å²) in [6.45, 7) is 7.01. The van der Waals surface area contributed by atoms with Crippen LogP contribution in [0.15, 0.2) is 0 Å². The lowest BCUT2D eigenvalue weighted by Gasteiger charge is -2.39. The number of aliphatic carboxylic acids is 1. The van der Waals surface area contributed by atoms with Crippen molar-refractivity contribution >= 4 is 12.0 Å². The van der Waals surface area contributed by atoms with Gasteiger partial charge in [-0.05, 0) is 38.5 Å². The van der Waals surface area contributed by atoms with Crippen molar-refractivity contribution in [1.29, 1.82) is 0 Å². The Labute approximate surface area is 121 Å². The van der Waals surface area contributed by atoms with Gasteiger partial charge in [0.2, 0.25) is 0 Å². The molecule has 0 saturated carbocycles. The normalized spacial score (nSPS) is 20.9. The van der Waals surface area contributed by atoms with E-state index in [4.69, 9.17) is 5.11 Å². The molecule has 2 atom stereocenters. The first-order valence-electron chi connectivity index (χ1n) is 7.58. The maximum atomic E-state index is 12.6. The highest BCUT2D eigenvalue weighted by atomic mass is 16.4. The maximum absolute atomic E-state index is 12.6. The smallest absolute Gasteiger partial charge is 0.320 e. The van der Waals surface area contributed by atoms with Crippen LogP contribution in [0, 0.1) is 5.92 Å². The fraction of sp³-hybridized carbons (Fsp3) is 0.867. The molecular formula is C15H28N2O3. The molecule has 2 unspecified atom stereocenters. The van der Waals surface area contributed by atoms with Crippen LogP contribution in [0.5, 0.6) is 0 Å². The third-order valence-corrected chi connectivity index (χ3v) is 4.06. The number of nitrogens with zero attached hydrogens (tertiary/aromatic N) is 2. The molecule has 1 N–H and O–H groups in total. The number of hydrogen-bond donors (Lipinski definition) is 1. The highest BCUT2D eigenvalue weighted by Gasteiger charge is 2.31. The highest BCUT2D eigenvalue weighted by molar-refractivity contribution is 5.76. The molecule has 1 fully saturated rings. The van der Waals surface area contributed by atoms with E-state index in [0.717, 1.165) is 25.7 Å². The van der Waals surface area contributed by atoms with Gasteiger partial charge in [0.15, 0.2) is 0 Å². The van der Waals surface area contributed by atoms with E-state index in [1.807, 2.05) is 14.0 Å². The van der Waals surface area contributed by atoms with E-state index in [1.54, 1.807) is 9.80 Å². The fourth-order valence-electron chi connectivity index (χ4n) is 2.90. The van der Waals surface area contributed by atoms with Crippen LogP contribution < -0.4 is 0 Å². The Kier molecular flexibility index (Phi) is 6.30. The Bertz CT molecular complexity index is 344. The number of carbonyl (C=O) groups excluding carboxylic acids is 1. The second-order valence-electron chi connectivity index (χ2n) is 6.31. The summed E-state index contributed by atoms with van der Waals surface area (Å²) in [5, 5.41) is 8.98. The van der Waals surface area contributed by atoms with Gasteiger partial charge < -0.3 is 14.9 Å². The van der Waals surface area contributed by atoms with E-state index in [1.165, 1.54) is 0 Å². The van der Waals surface area contributed by atoms with E-state index in [-0.39, 0.29) is 24.5 Å². The number of rotatable bonds is 5. The minimum absolute atomic E-state index is 0.0240. The Morgan fingerprint density at radius 2 is 1.95 bits per heavy atom. The highest BCUT2D eigenvalue weighted by Crippen LogP contribution is 2.22. The average molecular weight is 284 g/mol. The lowest BCUT2D eigenvalue weighted by molar-refractivity contribution is -0.138. The van der Waals surface area contributed by atoms with Gasteiger partial charge in [0.05, 0.1) is 6.42 Å². The molecule has 0 radical (unpaired) electrons. The molecule has 0 aliphatic carbocycles. The fourth-order valence-corrected chi connectivity index (χ4v) is 2.90. The molecule has 5 nitrogen and oxygen atoms in total. The van der Waals surface area contributed by atoms with Gasteiger partial charge in [-0.25, -0.2) is 4.79 Å². The molecule has 0 aromatic heterocycles. The predicted octanol–water partition coefficient (Wildman–Crippen LogP) is 2.80. The number of carboxylic acid groups (broad SMARTS) is 1. The minimum Gasteiger partial charge on any atom is -0.481 e. The summed E-state index contributed by atoms with van der Waals surface area (Å²) in [5.74, 6) is -0.288. The van der Waals surface area contributed by atoms with E-state index in [9.17, 15) is 9.59 Å². The van der Waals surface area contributed by atoms with Gasteiger partial charge in [-0.1, -0.05) is 13.8 Å². The lowest BCUT2D eigenvalue weighted by atomic mass is 9.99. The summed E-state index contributed by atoms with van der Waals surface area (Å²) in [6.07, 6.45) is 3.78. The third-order valence-electron chi connectivity index (χ3n) is 4.06. The average Bonchev–Trinajstić information content (AvgIpc) is 2.36. The zero-order valence-electron chi connectivity index (χ0n) is 13.1. The van der Waals surface area contributed by atoms with Gasteiger partial charge in [0.25, 0.3) is 0 Å². The maximum Gasteiger partial charge on any atom is 0.320 e. The summed E-state index contributed by atoms with van der Waals surface area (Å²) in [6, 6.07) is 0.00135. The molecule has 5 heteroatoms. The van der Waals surface area contributed by atoms with Crippen LogP contribution in [-0.2, 0) is 4.79 Å². The first kappa shape index (κ1) is 16.8. The van der Waals surface area contributed by atoms with Crippen LogP contribution in [0.1, 0.15) is 52.9 Å². The SMILES string of the molecule is CC(C)CC(C)N(C)C(=O)N1CCCCC1CC(=O)O. The molecule has 1 aliphatic heterocycles. The van der Waals surface area contributed by atoms with E-state index in [0.29, 0.717) is 12.5 Å². The number of carboxylic acids is 1. The Hall–Kier alpha value is -1.26. The largest absolute Gasteiger partial charge is 0.481 e. The van der Waals surface area contributed by atoms with Gasteiger partial charge in [-0.3, -0.25) is 4.79 Å². The molecule has 1 heterocycles. The van der Waals surface area contributed by atoms with E-state index in [2.05, 4.69) is 13.8 Å². The molecule has 1 saturated heterocycles. The van der Waals surface area contributed by atoms with Crippen molar-refractivity contribution in [2.75, 3.05) is 13.6 Å². The van der Waals surface area contributed by atoms with Gasteiger partial charge >= 0.3 is 12.0 Å². The van der Waals surface area contributed by atoms with Gasteiger partial charge in [-0.15, -0.1) is 0 Å². The third kappa shape index (κ3) is 4.69. The minimum atomic E-state index is -0.826. The summed E-state index contributed by atoms with van der Waals surface area (Å²) < 4.78 is 0. The molecular weight excluding hydrogens is 256 g/mol. The predicted molar refractivity (Wildman–Crippen MR) is 78.7 cm³/mol. The molecule has 20 heavy (non-hydrogen) atoms. The molecule has 0 spiro atoms. The van der Waals surface area contributed by atoms with Crippen molar-refractivity contribution in [1.82, 2.24) is 9.80 Å². The zero-order valence-corrected chi connectivity index (χ0v) is 13.1. The molecule has 2 amide bonds. The van der Waals surface area contributed by atoms with E-state index < -0.39 is 5.97 Å². The summed E-state index contributed by atoms with van der Waals surface area (Å²) >= 11 is 0. The van der Waals surface area contributed by atoms with Crippen LogP contribution >= 0.6 is 0 Å². The van der Waals surface area contributed by atoms with Crippen molar-refractivity contribution in [3.8, 4) is 0 Å². The van der Waals surface area contributed by atoms with Crippen molar-refractivity contribution in [3.63, 3.8) is 0 Å². The number of amides is 2. The first-order valence-corrected chi connectivity index (χ1v) is 7.58. The van der Waals surface area contributed by atoms with Gasteiger partial charge in [0, 0.05) is 25.7 Å². The second kappa shape index (κ2) is 7.50. The number of carbonyl (C=O) groups is 2. The van der Waals surface area contributed by atoms with Crippen molar-refractivity contribution in [2.45, 2.75) is 65.0 Å². The summed E-state index contributed by atoms with van der Waals surface area (Å²) in [4.78, 5) is 27.0. The molecule has 116 valence electrons. The Morgan fingerprint density at radius 3 is 2.50 bits per heavy atom. The van der Waals surface area contributed by atoms with Crippen LogP contribution in [-0.4, -0.2) is 52.6 Å².